The van der Waals surface area contributed by atoms with Crippen LogP contribution in [-0.2, 0) is 4.79 Å². The minimum absolute atomic E-state index is 0.0990. The average molecular weight is 256 g/mol. The molecule has 1 aliphatic rings. The Balaban J connectivity index is 2.78. The molecule has 0 radical (unpaired) electrons. The molecule has 18 heavy (non-hydrogen) atoms. The highest BCUT2D eigenvalue weighted by molar-refractivity contribution is 5.80. The van der Waals surface area contributed by atoms with E-state index in [2.05, 4.69) is 6.92 Å². The van der Waals surface area contributed by atoms with Gasteiger partial charge < -0.3 is 14.9 Å². The van der Waals surface area contributed by atoms with Gasteiger partial charge in [0, 0.05) is 18.6 Å². The Morgan fingerprint density at radius 1 is 1.39 bits per heavy atom. The van der Waals surface area contributed by atoms with Gasteiger partial charge in [-0.2, -0.15) is 0 Å². The number of nitrogens with zero attached hydrogens (tertiary/aromatic N) is 2. The Bertz CT molecular complexity index is 317. The average Bonchev–Trinajstić information content (AvgIpc) is 2.28. The van der Waals surface area contributed by atoms with Crippen molar-refractivity contribution in [3.63, 3.8) is 0 Å². The SMILES string of the molecule is CC1CCCN(C(=O)N(CC(=O)O)C(C)C)C1C. The summed E-state index contributed by atoms with van der Waals surface area (Å²) in [6.07, 6.45) is 2.13. The molecule has 1 N–H and O–H groups in total. The van der Waals surface area contributed by atoms with E-state index >= 15 is 0 Å². The molecule has 0 bridgehead atoms. The molecule has 0 aliphatic carbocycles. The molecule has 1 saturated heterocycles. The topological polar surface area (TPSA) is 60.9 Å². The van der Waals surface area contributed by atoms with Gasteiger partial charge in [0.05, 0.1) is 0 Å². The first kappa shape index (κ1) is 14.8. The number of piperidine rings is 1. The highest BCUT2D eigenvalue weighted by Gasteiger charge is 2.32. The lowest BCUT2D eigenvalue weighted by Crippen LogP contribution is -2.54. The van der Waals surface area contributed by atoms with E-state index in [1.807, 2.05) is 25.7 Å². The second-order valence-corrected chi connectivity index (χ2v) is 5.45. The van der Waals surface area contributed by atoms with E-state index in [9.17, 15) is 9.59 Å². The fourth-order valence-corrected chi connectivity index (χ4v) is 2.39. The molecule has 1 aliphatic heterocycles. The van der Waals surface area contributed by atoms with Crippen molar-refractivity contribution in [3.8, 4) is 0 Å². The minimum atomic E-state index is -0.963. The van der Waals surface area contributed by atoms with Crippen LogP contribution >= 0.6 is 0 Å². The number of aliphatic carboxylic acids is 1. The molecule has 2 unspecified atom stereocenters. The molecule has 5 heteroatoms. The van der Waals surface area contributed by atoms with Crippen LogP contribution in [0.5, 0.6) is 0 Å². The predicted octanol–water partition coefficient (Wildman–Crippen LogP) is 2.02. The predicted molar refractivity (Wildman–Crippen MR) is 69.4 cm³/mol. The van der Waals surface area contributed by atoms with E-state index in [0.29, 0.717) is 5.92 Å². The zero-order chi connectivity index (χ0) is 13.9. The van der Waals surface area contributed by atoms with Crippen LogP contribution in [-0.4, -0.2) is 52.1 Å². The summed E-state index contributed by atoms with van der Waals surface area (Å²) in [5.41, 5.74) is 0. The van der Waals surface area contributed by atoms with Crippen molar-refractivity contribution in [1.82, 2.24) is 9.80 Å². The third-order valence-electron chi connectivity index (χ3n) is 3.79. The minimum Gasteiger partial charge on any atom is -0.480 e. The third kappa shape index (κ3) is 3.37. The Morgan fingerprint density at radius 2 is 2.00 bits per heavy atom. The summed E-state index contributed by atoms with van der Waals surface area (Å²) in [5, 5.41) is 8.89. The molecule has 2 atom stereocenters. The largest absolute Gasteiger partial charge is 0.480 e. The van der Waals surface area contributed by atoms with E-state index in [1.54, 1.807) is 0 Å². The second-order valence-electron chi connectivity index (χ2n) is 5.45. The number of carboxylic acids is 1. The van der Waals surface area contributed by atoms with Gasteiger partial charge in [0.1, 0.15) is 6.54 Å². The number of amides is 2. The quantitative estimate of drug-likeness (QED) is 0.840. The fourth-order valence-electron chi connectivity index (χ4n) is 2.39. The van der Waals surface area contributed by atoms with Gasteiger partial charge in [0.15, 0.2) is 0 Å². The number of likely N-dealkylation sites (tertiary alicyclic amines) is 1. The normalized spacial score (nSPS) is 24.2. The monoisotopic (exact) mass is 256 g/mol. The Kier molecular flexibility index (Phi) is 4.99. The lowest BCUT2D eigenvalue weighted by Gasteiger charge is -2.41. The molecule has 1 fully saturated rings. The van der Waals surface area contributed by atoms with Gasteiger partial charge in [-0.05, 0) is 39.5 Å². The van der Waals surface area contributed by atoms with Crippen molar-refractivity contribution in [2.45, 2.75) is 52.6 Å². The van der Waals surface area contributed by atoms with E-state index in [0.717, 1.165) is 19.4 Å². The molecule has 1 rings (SSSR count). The summed E-state index contributed by atoms with van der Waals surface area (Å²) in [6, 6.07) is -0.0641. The van der Waals surface area contributed by atoms with Crippen LogP contribution in [0.25, 0.3) is 0 Å². The van der Waals surface area contributed by atoms with Crippen molar-refractivity contribution in [2.24, 2.45) is 5.92 Å². The maximum Gasteiger partial charge on any atom is 0.323 e. The lowest BCUT2D eigenvalue weighted by atomic mass is 9.92. The molecule has 0 saturated carbocycles. The summed E-state index contributed by atoms with van der Waals surface area (Å²) < 4.78 is 0. The Morgan fingerprint density at radius 3 is 2.50 bits per heavy atom. The maximum atomic E-state index is 12.4. The molecule has 0 spiro atoms. The van der Waals surface area contributed by atoms with Crippen molar-refractivity contribution in [2.75, 3.05) is 13.1 Å². The number of urea groups is 1. The first-order chi connectivity index (χ1) is 8.34. The zero-order valence-corrected chi connectivity index (χ0v) is 11.7. The van der Waals surface area contributed by atoms with Crippen LogP contribution in [0, 0.1) is 5.92 Å². The van der Waals surface area contributed by atoms with Gasteiger partial charge >= 0.3 is 12.0 Å². The summed E-state index contributed by atoms with van der Waals surface area (Å²) >= 11 is 0. The molecule has 104 valence electrons. The Hall–Kier alpha value is -1.26. The van der Waals surface area contributed by atoms with Crippen molar-refractivity contribution in [1.29, 1.82) is 0 Å². The van der Waals surface area contributed by atoms with E-state index < -0.39 is 5.97 Å². The van der Waals surface area contributed by atoms with Gasteiger partial charge in [-0.1, -0.05) is 6.92 Å². The second kappa shape index (κ2) is 6.07. The molecule has 2 amide bonds. The van der Waals surface area contributed by atoms with Crippen molar-refractivity contribution in [3.05, 3.63) is 0 Å². The molecular weight excluding hydrogens is 232 g/mol. The van der Waals surface area contributed by atoms with E-state index in [1.165, 1.54) is 4.90 Å². The standard InChI is InChI=1S/C13H24N2O3/c1-9(2)15(8-12(16)17)13(18)14-7-5-6-10(3)11(14)4/h9-11H,5-8H2,1-4H3,(H,16,17). The van der Waals surface area contributed by atoms with E-state index in [4.69, 9.17) is 5.11 Å². The maximum absolute atomic E-state index is 12.4. The molecule has 1 heterocycles. The van der Waals surface area contributed by atoms with Gasteiger partial charge in [0.2, 0.25) is 0 Å². The Labute approximate surface area is 109 Å². The first-order valence-electron chi connectivity index (χ1n) is 6.63. The lowest BCUT2D eigenvalue weighted by molar-refractivity contribution is -0.138. The van der Waals surface area contributed by atoms with Gasteiger partial charge in [0.25, 0.3) is 0 Å². The van der Waals surface area contributed by atoms with Gasteiger partial charge in [-0.15, -0.1) is 0 Å². The van der Waals surface area contributed by atoms with E-state index in [-0.39, 0.29) is 24.7 Å². The van der Waals surface area contributed by atoms with Crippen LogP contribution in [0.2, 0.25) is 0 Å². The molecule has 0 aromatic rings. The van der Waals surface area contributed by atoms with Crippen LogP contribution in [0.4, 0.5) is 4.79 Å². The fraction of sp³-hybridized carbons (Fsp3) is 0.846. The molecular formula is C13H24N2O3. The third-order valence-corrected chi connectivity index (χ3v) is 3.79. The molecule has 5 nitrogen and oxygen atoms in total. The zero-order valence-electron chi connectivity index (χ0n) is 11.7. The molecule has 0 aromatic heterocycles. The summed E-state index contributed by atoms with van der Waals surface area (Å²) in [7, 11) is 0. The highest BCUT2D eigenvalue weighted by atomic mass is 16.4. The van der Waals surface area contributed by atoms with Crippen molar-refractivity contribution < 1.29 is 14.7 Å². The van der Waals surface area contributed by atoms with Crippen molar-refractivity contribution >= 4 is 12.0 Å². The highest BCUT2D eigenvalue weighted by Crippen LogP contribution is 2.24. The van der Waals surface area contributed by atoms with Crippen LogP contribution in [0.15, 0.2) is 0 Å². The van der Waals surface area contributed by atoms with Gasteiger partial charge in [-0.25, -0.2) is 4.79 Å². The van der Waals surface area contributed by atoms with Crippen LogP contribution in [0.3, 0.4) is 0 Å². The number of carbonyl (C=O) groups is 2. The first-order valence-corrected chi connectivity index (χ1v) is 6.63. The summed E-state index contributed by atoms with van der Waals surface area (Å²) in [4.78, 5) is 26.5. The number of rotatable bonds is 3. The number of hydrogen-bond donors (Lipinski definition) is 1. The molecule has 0 aromatic carbocycles. The number of carboxylic acid groups (broad SMARTS) is 1. The van der Waals surface area contributed by atoms with Gasteiger partial charge in [-0.3, -0.25) is 4.79 Å². The number of carbonyl (C=O) groups excluding carboxylic acids is 1. The summed E-state index contributed by atoms with van der Waals surface area (Å²) in [5.74, 6) is -0.490. The summed E-state index contributed by atoms with van der Waals surface area (Å²) in [6.45, 7) is 8.38. The van der Waals surface area contributed by atoms with Crippen LogP contribution in [0.1, 0.15) is 40.5 Å². The smallest absolute Gasteiger partial charge is 0.323 e. The number of hydrogen-bond acceptors (Lipinski definition) is 2. The van der Waals surface area contributed by atoms with Crippen LogP contribution < -0.4 is 0 Å².